The highest BCUT2D eigenvalue weighted by atomic mass is 19.1. The van der Waals surface area contributed by atoms with Crippen LogP contribution in [0.4, 0.5) is 4.39 Å². The van der Waals surface area contributed by atoms with E-state index < -0.39 is 0 Å². The van der Waals surface area contributed by atoms with E-state index in [-0.39, 0.29) is 36.8 Å². The van der Waals surface area contributed by atoms with Gasteiger partial charge in [-0.1, -0.05) is 36.4 Å². The molecule has 8 heteroatoms. The molecule has 0 spiro atoms. The van der Waals surface area contributed by atoms with E-state index in [2.05, 4.69) is 10.4 Å². The lowest BCUT2D eigenvalue weighted by molar-refractivity contribution is -0.121. The molecule has 4 rings (SSSR count). The minimum atomic E-state index is -0.331. The van der Waals surface area contributed by atoms with Crippen molar-refractivity contribution in [2.24, 2.45) is 0 Å². The van der Waals surface area contributed by atoms with Crippen molar-refractivity contribution in [3.63, 3.8) is 0 Å². The Morgan fingerprint density at radius 3 is 2.50 bits per heavy atom. The van der Waals surface area contributed by atoms with Gasteiger partial charge in [0.1, 0.15) is 5.82 Å². The van der Waals surface area contributed by atoms with E-state index in [9.17, 15) is 14.0 Å². The third kappa shape index (κ3) is 5.27. The van der Waals surface area contributed by atoms with E-state index in [1.807, 2.05) is 52.0 Å². The van der Waals surface area contributed by atoms with Crippen LogP contribution in [0.25, 0.3) is 22.3 Å². The van der Waals surface area contributed by atoms with Gasteiger partial charge in [-0.2, -0.15) is 5.10 Å². The highest BCUT2D eigenvalue weighted by Gasteiger charge is 2.23. The van der Waals surface area contributed by atoms with Gasteiger partial charge in [-0.25, -0.2) is 14.1 Å². The molecule has 0 radical (unpaired) electrons. The van der Waals surface area contributed by atoms with Crippen LogP contribution in [0.1, 0.15) is 48.3 Å². The molecular formula is C28H30FN5O2. The zero-order chi connectivity index (χ0) is 25.8. The Bertz CT molecular complexity index is 1400. The largest absolute Gasteiger partial charge is 0.350 e. The fourth-order valence-electron chi connectivity index (χ4n) is 4.10. The SMILES string of the molecule is CCN(CC(=O)NCc1ccc(F)cc1)C(=O)c1cc(-c2ccccc2C)nc2c1cnn2C(C)C. The number of carbonyl (C=O) groups excluding carboxylic acids is 2. The molecule has 2 aromatic carbocycles. The smallest absolute Gasteiger partial charge is 0.255 e. The summed E-state index contributed by atoms with van der Waals surface area (Å²) in [5.74, 6) is -0.890. The number of fused-ring (bicyclic) bond motifs is 1. The molecule has 0 unspecified atom stereocenters. The van der Waals surface area contributed by atoms with Crippen LogP contribution in [0.3, 0.4) is 0 Å². The lowest BCUT2D eigenvalue weighted by Gasteiger charge is -2.21. The van der Waals surface area contributed by atoms with Gasteiger partial charge in [0.05, 0.1) is 29.4 Å². The Balaban J connectivity index is 1.64. The fourth-order valence-corrected chi connectivity index (χ4v) is 4.10. The number of hydrogen-bond donors (Lipinski definition) is 1. The van der Waals surface area contributed by atoms with Crippen LogP contribution < -0.4 is 5.32 Å². The molecule has 0 fully saturated rings. The lowest BCUT2D eigenvalue weighted by Crippen LogP contribution is -2.40. The second kappa shape index (κ2) is 10.7. The minimum Gasteiger partial charge on any atom is -0.350 e. The van der Waals surface area contributed by atoms with Gasteiger partial charge in [-0.15, -0.1) is 0 Å². The van der Waals surface area contributed by atoms with E-state index in [0.29, 0.717) is 28.8 Å². The molecular weight excluding hydrogens is 457 g/mol. The van der Waals surface area contributed by atoms with Crippen molar-refractivity contribution >= 4 is 22.8 Å². The summed E-state index contributed by atoms with van der Waals surface area (Å²) in [6.07, 6.45) is 1.67. The average molecular weight is 488 g/mol. The van der Waals surface area contributed by atoms with Crippen molar-refractivity contribution < 1.29 is 14.0 Å². The summed E-state index contributed by atoms with van der Waals surface area (Å²) >= 11 is 0. The Morgan fingerprint density at radius 1 is 1.11 bits per heavy atom. The van der Waals surface area contributed by atoms with Gasteiger partial charge in [0.25, 0.3) is 5.91 Å². The third-order valence-corrected chi connectivity index (χ3v) is 6.11. The number of likely N-dealkylation sites (N-methyl/N-ethyl adjacent to an activating group) is 1. The first-order valence-corrected chi connectivity index (χ1v) is 12.0. The molecule has 2 aromatic heterocycles. The highest BCUT2D eigenvalue weighted by molar-refractivity contribution is 6.07. The van der Waals surface area contributed by atoms with Crippen LogP contribution in [0.15, 0.2) is 60.8 Å². The third-order valence-electron chi connectivity index (χ3n) is 6.11. The van der Waals surface area contributed by atoms with Gasteiger partial charge in [-0.3, -0.25) is 9.59 Å². The summed E-state index contributed by atoms with van der Waals surface area (Å²) in [6, 6.07) is 15.7. The number of aromatic nitrogens is 3. The predicted octanol–water partition coefficient (Wildman–Crippen LogP) is 4.91. The zero-order valence-electron chi connectivity index (χ0n) is 21.0. The van der Waals surface area contributed by atoms with Gasteiger partial charge in [0.15, 0.2) is 5.65 Å². The summed E-state index contributed by atoms with van der Waals surface area (Å²) in [5, 5.41) is 7.94. The number of nitrogens with zero attached hydrogens (tertiary/aromatic N) is 4. The van der Waals surface area contributed by atoms with Gasteiger partial charge >= 0.3 is 0 Å². The predicted molar refractivity (Wildman–Crippen MR) is 138 cm³/mol. The van der Waals surface area contributed by atoms with Crippen LogP contribution in [-0.4, -0.2) is 44.6 Å². The first-order valence-electron chi connectivity index (χ1n) is 12.0. The number of carbonyl (C=O) groups is 2. The Morgan fingerprint density at radius 2 is 1.83 bits per heavy atom. The maximum atomic E-state index is 13.7. The molecule has 0 aliphatic carbocycles. The molecule has 36 heavy (non-hydrogen) atoms. The van der Waals surface area contributed by atoms with E-state index in [4.69, 9.17) is 4.98 Å². The first kappa shape index (κ1) is 25.0. The molecule has 0 bridgehead atoms. The number of amides is 2. The minimum absolute atomic E-state index is 0.0598. The summed E-state index contributed by atoms with van der Waals surface area (Å²) in [4.78, 5) is 32.8. The summed E-state index contributed by atoms with van der Waals surface area (Å²) in [5.41, 5.74) is 4.53. The number of aryl methyl sites for hydroxylation is 1. The maximum absolute atomic E-state index is 13.7. The molecule has 186 valence electrons. The zero-order valence-corrected chi connectivity index (χ0v) is 21.0. The van der Waals surface area contributed by atoms with Crippen LogP contribution in [0, 0.1) is 12.7 Å². The number of benzene rings is 2. The number of hydrogen-bond acceptors (Lipinski definition) is 4. The second-order valence-electron chi connectivity index (χ2n) is 9.01. The standard InChI is InChI=1S/C28H30FN5O2/c1-5-33(17-26(35)30-15-20-10-12-21(29)13-11-20)28(36)23-14-25(22-9-7-6-8-19(22)4)32-27-24(23)16-31-34(27)18(2)3/h6-14,16,18H,5,15,17H2,1-4H3,(H,30,35). The number of pyridine rings is 1. The number of halogens is 1. The van der Waals surface area contributed by atoms with Crippen molar-refractivity contribution in [1.82, 2.24) is 25.0 Å². The van der Waals surface area contributed by atoms with E-state index in [1.165, 1.54) is 17.0 Å². The van der Waals surface area contributed by atoms with Crippen LogP contribution in [0.5, 0.6) is 0 Å². The molecule has 4 aromatic rings. The molecule has 0 saturated heterocycles. The topological polar surface area (TPSA) is 80.1 Å². The monoisotopic (exact) mass is 487 g/mol. The molecule has 0 saturated carbocycles. The molecule has 0 aliphatic rings. The molecule has 7 nitrogen and oxygen atoms in total. The van der Waals surface area contributed by atoms with E-state index >= 15 is 0 Å². The van der Waals surface area contributed by atoms with Crippen molar-refractivity contribution in [3.05, 3.63) is 83.3 Å². The van der Waals surface area contributed by atoms with Gasteiger partial charge in [0, 0.05) is 24.7 Å². The van der Waals surface area contributed by atoms with E-state index in [1.54, 1.807) is 29.1 Å². The molecule has 1 N–H and O–H groups in total. The molecule has 2 amide bonds. The van der Waals surface area contributed by atoms with Crippen LogP contribution in [-0.2, 0) is 11.3 Å². The van der Waals surface area contributed by atoms with Gasteiger partial charge in [-0.05, 0) is 57.0 Å². The van der Waals surface area contributed by atoms with Crippen LogP contribution in [0.2, 0.25) is 0 Å². The summed E-state index contributed by atoms with van der Waals surface area (Å²) < 4.78 is 14.9. The fraction of sp³-hybridized carbons (Fsp3) is 0.286. The van der Waals surface area contributed by atoms with Crippen molar-refractivity contribution in [2.45, 2.75) is 40.3 Å². The summed E-state index contributed by atoms with van der Waals surface area (Å²) in [6.45, 7) is 8.38. The quantitative estimate of drug-likeness (QED) is 0.383. The number of nitrogens with one attached hydrogen (secondary N) is 1. The normalized spacial score (nSPS) is 11.2. The Labute approximate surface area is 210 Å². The molecule has 0 aliphatic heterocycles. The average Bonchev–Trinajstić information content (AvgIpc) is 3.30. The van der Waals surface area contributed by atoms with Crippen LogP contribution >= 0.6 is 0 Å². The van der Waals surface area contributed by atoms with Crippen molar-refractivity contribution in [3.8, 4) is 11.3 Å². The number of rotatable bonds is 8. The molecule has 0 atom stereocenters. The van der Waals surface area contributed by atoms with Gasteiger partial charge < -0.3 is 10.2 Å². The first-order chi connectivity index (χ1) is 17.3. The second-order valence-corrected chi connectivity index (χ2v) is 9.01. The molecule has 2 heterocycles. The van der Waals surface area contributed by atoms with Crippen molar-refractivity contribution in [1.29, 1.82) is 0 Å². The Hall–Kier alpha value is -4.07. The highest BCUT2D eigenvalue weighted by Crippen LogP contribution is 2.29. The summed E-state index contributed by atoms with van der Waals surface area (Å²) in [7, 11) is 0. The van der Waals surface area contributed by atoms with E-state index in [0.717, 1.165) is 16.7 Å². The maximum Gasteiger partial charge on any atom is 0.255 e. The van der Waals surface area contributed by atoms with Gasteiger partial charge in [0.2, 0.25) is 5.91 Å². The van der Waals surface area contributed by atoms with Crippen molar-refractivity contribution in [2.75, 3.05) is 13.1 Å². The lowest BCUT2D eigenvalue weighted by atomic mass is 10.0. The Kier molecular flexibility index (Phi) is 7.43.